The summed E-state index contributed by atoms with van der Waals surface area (Å²) in [5, 5.41) is 11.4. The predicted octanol–water partition coefficient (Wildman–Crippen LogP) is 3.56. The summed E-state index contributed by atoms with van der Waals surface area (Å²) < 4.78 is 20.3. The first-order chi connectivity index (χ1) is 17.0. The molecule has 0 fully saturated rings. The number of nitrogens with zero attached hydrogens (tertiary/aromatic N) is 4. The van der Waals surface area contributed by atoms with Crippen LogP contribution in [0.3, 0.4) is 0 Å². The third-order valence-electron chi connectivity index (χ3n) is 5.44. The summed E-state index contributed by atoms with van der Waals surface area (Å²) in [5.74, 6) is 0.122. The van der Waals surface area contributed by atoms with Crippen molar-refractivity contribution in [3.63, 3.8) is 0 Å². The first-order valence-corrected chi connectivity index (χ1v) is 11.3. The van der Waals surface area contributed by atoms with Crippen molar-refractivity contribution in [1.82, 2.24) is 24.9 Å². The highest BCUT2D eigenvalue weighted by atomic mass is 19.1. The SMILES string of the molecule is CN(CCCc1cc(-c2cccc(F)c2)n[nH]1)C(=O)c1ccc(=O)n(CCOc2ccccc2)n1. The number of para-hydroxylation sites is 1. The summed E-state index contributed by atoms with van der Waals surface area (Å²) in [5.41, 5.74) is 2.17. The van der Waals surface area contributed by atoms with Crippen LogP contribution in [0.15, 0.2) is 77.6 Å². The molecule has 0 aliphatic heterocycles. The molecule has 0 unspecified atom stereocenters. The zero-order valence-electron chi connectivity index (χ0n) is 19.4. The van der Waals surface area contributed by atoms with Crippen LogP contribution in [0.2, 0.25) is 0 Å². The van der Waals surface area contributed by atoms with Crippen molar-refractivity contribution in [3.8, 4) is 17.0 Å². The monoisotopic (exact) mass is 475 g/mol. The van der Waals surface area contributed by atoms with Crippen LogP contribution in [-0.2, 0) is 13.0 Å². The zero-order chi connectivity index (χ0) is 24.6. The minimum atomic E-state index is -0.309. The minimum absolute atomic E-state index is 0.196. The van der Waals surface area contributed by atoms with E-state index in [-0.39, 0.29) is 36.1 Å². The fourth-order valence-corrected chi connectivity index (χ4v) is 3.58. The first kappa shape index (κ1) is 23.9. The number of nitrogens with one attached hydrogen (secondary N) is 1. The summed E-state index contributed by atoms with van der Waals surface area (Å²) in [7, 11) is 1.70. The molecule has 1 N–H and O–H groups in total. The van der Waals surface area contributed by atoms with Gasteiger partial charge < -0.3 is 9.64 Å². The number of benzene rings is 2. The average Bonchev–Trinajstić information content (AvgIpc) is 3.34. The Balaban J connectivity index is 1.29. The summed E-state index contributed by atoms with van der Waals surface area (Å²) in [4.78, 5) is 26.5. The van der Waals surface area contributed by atoms with Crippen LogP contribution < -0.4 is 10.3 Å². The Morgan fingerprint density at radius 1 is 1.09 bits per heavy atom. The Morgan fingerprint density at radius 2 is 1.91 bits per heavy atom. The van der Waals surface area contributed by atoms with E-state index in [1.807, 2.05) is 36.4 Å². The average molecular weight is 476 g/mol. The highest BCUT2D eigenvalue weighted by molar-refractivity contribution is 5.91. The largest absolute Gasteiger partial charge is 0.492 e. The molecule has 0 saturated heterocycles. The quantitative estimate of drug-likeness (QED) is 0.379. The Morgan fingerprint density at radius 3 is 2.71 bits per heavy atom. The molecule has 0 spiro atoms. The van der Waals surface area contributed by atoms with Gasteiger partial charge in [0.25, 0.3) is 11.5 Å². The second-order valence-electron chi connectivity index (χ2n) is 8.06. The lowest BCUT2D eigenvalue weighted by Gasteiger charge is -2.17. The van der Waals surface area contributed by atoms with Crippen LogP contribution in [0.1, 0.15) is 22.6 Å². The maximum Gasteiger partial charge on any atom is 0.274 e. The van der Waals surface area contributed by atoms with E-state index in [4.69, 9.17) is 4.74 Å². The Bertz CT molecular complexity index is 1340. The van der Waals surface area contributed by atoms with Crippen LogP contribution in [0, 0.1) is 5.82 Å². The van der Waals surface area contributed by atoms with Crippen molar-refractivity contribution in [2.45, 2.75) is 19.4 Å². The molecular formula is C26H26FN5O3. The van der Waals surface area contributed by atoms with Gasteiger partial charge in [-0.05, 0) is 49.2 Å². The van der Waals surface area contributed by atoms with Gasteiger partial charge in [-0.25, -0.2) is 9.07 Å². The highest BCUT2D eigenvalue weighted by Crippen LogP contribution is 2.19. The van der Waals surface area contributed by atoms with Crippen LogP contribution in [0.4, 0.5) is 4.39 Å². The molecule has 35 heavy (non-hydrogen) atoms. The van der Waals surface area contributed by atoms with E-state index in [9.17, 15) is 14.0 Å². The van der Waals surface area contributed by atoms with Crippen LogP contribution in [0.5, 0.6) is 5.75 Å². The van der Waals surface area contributed by atoms with Gasteiger partial charge in [0.15, 0.2) is 0 Å². The molecule has 4 aromatic rings. The number of halogens is 1. The van der Waals surface area contributed by atoms with Crippen molar-refractivity contribution < 1.29 is 13.9 Å². The molecule has 0 atom stereocenters. The topological polar surface area (TPSA) is 93.1 Å². The van der Waals surface area contributed by atoms with Crippen molar-refractivity contribution in [3.05, 3.63) is 100 Å². The number of aromatic amines is 1. The summed E-state index contributed by atoms with van der Waals surface area (Å²) in [6.45, 7) is 0.976. The second-order valence-corrected chi connectivity index (χ2v) is 8.06. The van der Waals surface area contributed by atoms with Gasteiger partial charge in [-0.3, -0.25) is 14.7 Å². The standard InChI is InChI=1S/C26H26FN5O3/c1-31(14-6-9-21-18-24(29-28-21)19-7-5-8-20(27)17-19)26(34)23-12-13-25(33)32(30-23)15-16-35-22-10-3-2-4-11-22/h2-5,7-8,10-13,17-18H,6,9,14-16H2,1H3,(H,28,29). The molecule has 180 valence electrons. The summed E-state index contributed by atoms with van der Waals surface area (Å²) >= 11 is 0. The van der Waals surface area contributed by atoms with E-state index in [2.05, 4.69) is 15.3 Å². The van der Waals surface area contributed by atoms with Crippen LogP contribution in [-0.4, -0.2) is 51.0 Å². The lowest BCUT2D eigenvalue weighted by molar-refractivity contribution is 0.0784. The third-order valence-corrected chi connectivity index (χ3v) is 5.44. The van der Waals surface area contributed by atoms with Gasteiger partial charge in [0.1, 0.15) is 23.9 Å². The van der Waals surface area contributed by atoms with E-state index in [1.165, 1.54) is 28.9 Å². The fraction of sp³-hybridized carbons (Fsp3) is 0.231. The molecule has 4 rings (SSSR count). The molecular weight excluding hydrogens is 449 g/mol. The number of carbonyl (C=O) groups excluding carboxylic acids is 1. The molecule has 0 bridgehead atoms. The Labute approximate surface area is 202 Å². The van der Waals surface area contributed by atoms with Gasteiger partial charge in [0.05, 0.1) is 12.2 Å². The van der Waals surface area contributed by atoms with Gasteiger partial charge in [0.2, 0.25) is 0 Å². The molecule has 0 radical (unpaired) electrons. The molecule has 0 aliphatic carbocycles. The number of aryl methyl sites for hydroxylation is 1. The number of H-pyrrole nitrogens is 1. The van der Waals surface area contributed by atoms with E-state index < -0.39 is 0 Å². The lowest BCUT2D eigenvalue weighted by Crippen LogP contribution is -2.32. The Kier molecular flexibility index (Phi) is 7.67. The number of amides is 1. The van der Waals surface area contributed by atoms with Crippen molar-refractivity contribution in [2.24, 2.45) is 0 Å². The molecule has 0 aliphatic rings. The first-order valence-electron chi connectivity index (χ1n) is 11.3. The number of carbonyl (C=O) groups is 1. The number of hydrogen-bond acceptors (Lipinski definition) is 5. The molecule has 1 amide bonds. The smallest absolute Gasteiger partial charge is 0.274 e. The summed E-state index contributed by atoms with van der Waals surface area (Å²) in [6.07, 6.45) is 1.36. The highest BCUT2D eigenvalue weighted by Gasteiger charge is 2.15. The van der Waals surface area contributed by atoms with Gasteiger partial charge in [0, 0.05) is 30.9 Å². The molecule has 2 aromatic carbocycles. The van der Waals surface area contributed by atoms with Crippen LogP contribution >= 0.6 is 0 Å². The molecule has 0 saturated carbocycles. The molecule has 8 nitrogen and oxygen atoms in total. The maximum absolute atomic E-state index is 13.4. The minimum Gasteiger partial charge on any atom is -0.492 e. The zero-order valence-corrected chi connectivity index (χ0v) is 19.4. The molecule has 2 aromatic heterocycles. The van der Waals surface area contributed by atoms with Crippen molar-refractivity contribution in [2.75, 3.05) is 20.2 Å². The van der Waals surface area contributed by atoms with Crippen molar-refractivity contribution >= 4 is 5.91 Å². The number of rotatable bonds is 10. The Hall–Kier alpha value is -4.27. The molecule has 9 heteroatoms. The number of ether oxygens (including phenoxy) is 1. The molecule has 2 heterocycles. The van der Waals surface area contributed by atoms with Gasteiger partial charge in [-0.15, -0.1) is 0 Å². The van der Waals surface area contributed by atoms with Gasteiger partial charge in [-0.1, -0.05) is 30.3 Å². The van der Waals surface area contributed by atoms with E-state index in [0.29, 0.717) is 36.4 Å². The lowest BCUT2D eigenvalue weighted by atomic mass is 10.1. The number of hydrogen-bond donors (Lipinski definition) is 1. The second kappa shape index (κ2) is 11.2. The number of aromatic nitrogens is 4. The van der Waals surface area contributed by atoms with Crippen molar-refractivity contribution in [1.29, 1.82) is 0 Å². The van der Waals surface area contributed by atoms with Gasteiger partial charge in [-0.2, -0.15) is 10.2 Å². The summed E-state index contributed by atoms with van der Waals surface area (Å²) in [6, 6.07) is 20.2. The fourth-order valence-electron chi connectivity index (χ4n) is 3.58. The maximum atomic E-state index is 13.4. The van der Waals surface area contributed by atoms with E-state index in [0.717, 1.165) is 5.69 Å². The van der Waals surface area contributed by atoms with E-state index in [1.54, 1.807) is 24.1 Å². The third kappa shape index (κ3) is 6.41. The van der Waals surface area contributed by atoms with Gasteiger partial charge >= 0.3 is 0 Å². The normalized spacial score (nSPS) is 10.8. The predicted molar refractivity (Wildman–Crippen MR) is 130 cm³/mol. The van der Waals surface area contributed by atoms with Crippen LogP contribution in [0.25, 0.3) is 11.3 Å². The van der Waals surface area contributed by atoms with E-state index >= 15 is 0 Å².